The number of para-hydroxylation sites is 1. The van der Waals surface area contributed by atoms with Crippen molar-refractivity contribution in [1.29, 1.82) is 0 Å². The van der Waals surface area contributed by atoms with Gasteiger partial charge in [-0.05, 0) is 59.8 Å². The molecule has 12 nitrogen and oxygen atoms in total. The summed E-state index contributed by atoms with van der Waals surface area (Å²) < 4.78 is 11.2. The zero-order chi connectivity index (χ0) is 31.8. The number of ether oxygens (including phenoxy) is 2. The van der Waals surface area contributed by atoms with Crippen molar-refractivity contribution >= 4 is 45.6 Å². The molecule has 3 N–H and O–H groups in total. The number of piperidine rings is 2. The summed E-state index contributed by atoms with van der Waals surface area (Å²) in [6, 6.07) is 6.89. The number of nitrogens with one attached hydrogen (secondary N) is 1. The Morgan fingerprint density at radius 2 is 1.67 bits per heavy atom. The summed E-state index contributed by atoms with van der Waals surface area (Å²) in [6.07, 6.45) is 7.48. The molecule has 1 aromatic carbocycles. The maximum Gasteiger partial charge on any atom is 0.409 e. The predicted octanol–water partition coefficient (Wildman–Crippen LogP) is 2.58. The van der Waals surface area contributed by atoms with Gasteiger partial charge in [0, 0.05) is 54.6 Å². The number of rotatable bonds is 4. The number of amides is 4. The molecule has 0 saturated carbocycles. The molecule has 2 unspecified atom stereocenters. The van der Waals surface area contributed by atoms with Gasteiger partial charge in [0.2, 0.25) is 11.8 Å². The molecule has 45 heavy (non-hydrogen) atoms. The van der Waals surface area contributed by atoms with Gasteiger partial charge in [0.15, 0.2) is 0 Å². The number of benzene rings is 1. The van der Waals surface area contributed by atoms with Gasteiger partial charge in [-0.15, -0.1) is 0 Å². The number of piperazine rings is 1. The van der Waals surface area contributed by atoms with Crippen LogP contribution in [-0.2, 0) is 19.1 Å². The van der Waals surface area contributed by atoms with Crippen LogP contribution in [0.5, 0.6) is 0 Å². The molecule has 1 aromatic rings. The fraction of sp³-hybridized carbons (Fsp3) is 0.562. The maximum absolute atomic E-state index is 12.0. The maximum atomic E-state index is 12.0. The topological polar surface area (TPSA) is 138 Å². The first-order chi connectivity index (χ1) is 21.7. The van der Waals surface area contributed by atoms with E-state index < -0.39 is 0 Å². The molecule has 242 valence electrons. The Bertz CT molecular complexity index is 1420. The van der Waals surface area contributed by atoms with Gasteiger partial charge < -0.3 is 35.2 Å². The Kier molecular flexibility index (Phi) is 9.10. The van der Waals surface area contributed by atoms with Crippen molar-refractivity contribution in [3.63, 3.8) is 0 Å². The number of fused-ring (bicyclic) bond motifs is 6. The van der Waals surface area contributed by atoms with Gasteiger partial charge in [0.25, 0.3) is 0 Å². The highest BCUT2D eigenvalue weighted by Crippen LogP contribution is 2.48. The number of nitrogens with zero attached hydrogens (tertiary/aromatic N) is 4. The molecule has 7 rings (SSSR count). The van der Waals surface area contributed by atoms with E-state index >= 15 is 0 Å². The number of likely N-dealkylation sites (tertiary alicyclic amines) is 2. The zero-order valence-corrected chi connectivity index (χ0v) is 27.3. The molecule has 4 amide bonds. The first-order valence-electron chi connectivity index (χ1n) is 15.8. The minimum Gasteiger partial charge on any atom is -0.450 e. The van der Waals surface area contributed by atoms with Gasteiger partial charge in [-0.3, -0.25) is 14.5 Å². The molecule has 0 spiro atoms. The quantitative estimate of drug-likeness (QED) is 0.494. The zero-order valence-electron chi connectivity index (χ0n) is 25.7. The molecule has 4 fully saturated rings. The number of hydrogen-bond acceptors (Lipinski definition) is 8. The first kappa shape index (κ1) is 31.4. The number of primary amides is 1. The third-order valence-corrected chi connectivity index (χ3v) is 10.4. The van der Waals surface area contributed by atoms with E-state index in [9.17, 15) is 19.2 Å². The van der Waals surface area contributed by atoms with Crippen molar-refractivity contribution in [2.75, 3.05) is 57.4 Å². The molecule has 0 radical (unpaired) electrons. The third kappa shape index (κ3) is 5.92. The molecule has 6 aliphatic rings. The van der Waals surface area contributed by atoms with Crippen LogP contribution in [0.1, 0.15) is 38.2 Å². The van der Waals surface area contributed by atoms with E-state index in [2.05, 4.69) is 49.3 Å². The van der Waals surface area contributed by atoms with Crippen LogP contribution < -0.4 is 16.0 Å². The van der Waals surface area contributed by atoms with Crippen molar-refractivity contribution in [3.8, 4) is 0 Å². The van der Waals surface area contributed by atoms with Crippen LogP contribution in [0.15, 0.2) is 46.5 Å². The minimum atomic E-state index is -0.347. The van der Waals surface area contributed by atoms with Crippen LogP contribution in [0.3, 0.4) is 0 Å². The Labute approximate surface area is 271 Å². The average Bonchev–Trinajstić information content (AvgIpc) is 3.51. The molecule has 5 aliphatic heterocycles. The molecule has 4 saturated heterocycles. The van der Waals surface area contributed by atoms with Crippen LogP contribution in [0.25, 0.3) is 0 Å². The third-order valence-electron chi connectivity index (χ3n) is 9.79. The van der Waals surface area contributed by atoms with Crippen LogP contribution in [0.2, 0.25) is 0 Å². The van der Waals surface area contributed by atoms with Gasteiger partial charge in [0.1, 0.15) is 0 Å². The highest BCUT2D eigenvalue weighted by atomic mass is 79.9. The molecular weight excluding hydrogens is 644 g/mol. The van der Waals surface area contributed by atoms with Crippen LogP contribution in [0.4, 0.5) is 15.3 Å². The summed E-state index contributed by atoms with van der Waals surface area (Å²) in [4.78, 5) is 55.5. The van der Waals surface area contributed by atoms with E-state index in [4.69, 9.17) is 15.2 Å². The van der Waals surface area contributed by atoms with Crippen molar-refractivity contribution < 1.29 is 28.7 Å². The second-order valence-corrected chi connectivity index (χ2v) is 13.1. The molecule has 0 aromatic heterocycles. The lowest BCUT2D eigenvalue weighted by molar-refractivity contribution is -0.126. The van der Waals surface area contributed by atoms with Crippen molar-refractivity contribution in [2.24, 2.45) is 11.7 Å². The molecule has 5 heterocycles. The van der Waals surface area contributed by atoms with Crippen LogP contribution in [0, 0.1) is 5.92 Å². The Hall–Kier alpha value is -3.58. The second-order valence-electron chi connectivity index (χ2n) is 12.2. The Morgan fingerprint density at radius 1 is 1.00 bits per heavy atom. The standard InChI is InChI=1S/C16H20BrN3O3.C16H21N3O3/c1-2-23-16(22)19-7-6-13-11(8-19)10-4-3-5-12(17)15(10)20(13)9-14(18)21;1-2-22-16(21)18-7-6-13-11(8-18)10-4-3-5-12-15(10)19(13)9-14(20)17-12/h3-5,11,13H,2,6-9H2,1H3,(H2,18,21);3-5,11-13,15H,2,6-9H2,1H3,(H,17,20)/t11-,13-;11-,12?,13-,15?/m00/s1. The van der Waals surface area contributed by atoms with Crippen molar-refractivity contribution in [1.82, 2.24) is 20.0 Å². The Morgan fingerprint density at radius 3 is 2.33 bits per heavy atom. The highest BCUT2D eigenvalue weighted by molar-refractivity contribution is 9.10. The number of hydrogen-bond donors (Lipinski definition) is 2. The van der Waals surface area contributed by atoms with Crippen molar-refractivity contribution in [2.45, 2.75) is 56.8 Å². The van der Waals surface area contributed by atoms with Gasteiger partial charge in [0.05, 0.1) is 44.1 Å². The first-order valence-corrected chi connectivity index (χ1v) is 16.6. The number of nitrogens with two attached hydrogens (primary N) is 1. The summed E-state index contributed by atoms with van der Waals surface area (Å²) in [5.41, 5.74) is 8.96. The van der Waals surface area contributed by atoms with E-state index in [0.717, 1.165) is 28.6 Å². The normalized spacial score (nSPS) is 29.3. The second kappa shape index (κ2) is 13.0. The van der Waals surface area contributed by atoms with Crippen LogP contribution >= 0.6 is 15.9 Å². The number of anilines is 1. The fourth-order valence-electron chi connectivity index (χ4n) is 8.09. The monoisotopic (exact) mass is 684 g/mol. The van der Waals surface area contributed by atoms with E-state index in [1.165, 1.54) is 5.57 Å². The largest absolute Gasteiger partial charge is 0.450 e. The van der Waals surface area contributed by atoms with E-state index in [-0.39, 0.29) is 54.6 Å². The van der Waals surface area contributed by atoms with Gasteiger partial charge >= 0.3 is 12.2 Å². The van der Waals surface area contributed by atoms with Crippen LogP contribution in [-0.4, -0.2) is 115 Å². The molecule has 1 aliphatic carbocycles. The van der Waals surface area contributed by atoms with Crippen molar-refractivity contribution in [3.05, 3.63) is 52.0 Å². The summed E-state index contributed by atoms with van der Waals surface area (Å²) in [7, 11) is 0. The van der Waals surface area contributed by atoms with Gasteiger partial charge in [-0.1, -0.05) is 30.4 Å². The number of allylic oxidation sites excluding steroid dienone is 2. The molecule has 13 heteroatoms. The molecule has 0 bridgehead atoms. The smallest absolute Gasteiger partial charge is 0.409 e. The average molecular weight is 686 g/mol. The summed E-state index contributed by atoms with van der Waals surface area (Å²) in [5, 5.41) is 3.07. The van der Waals surface area contributed by atoms with Gasteiger partial charge in [-0.2, -0.15) is 0 Å². The lowest BCUT2D eigenvalue weighted by Gasteiger charge is -2.40. The molecule has 6 atom stereocenters. The number of carbonyl (C=O) groups excluding carboxylic acids is 4. The van der Waals surface area contributed by atoms with E-state index in [1.807, 2.05) is 30.0 Å². The Balaban J connectivity index is 0.000000159. The number of carbonyl (C=O) groups is 4. The number of halogens is 1. The summed E-state index contributed by atoms with van der Waals surface area (Å²) in [5.74, 6) is 0.226. The SMILES string of the molecule is CCOC(=O)N1CC[C@H]2[C@@H](C1)C1=CC=CC3NC(=O)CN2C13.CCOC(=O)N1CC[C@H]2[C@@H](C1)c1cccc(Br)c1N2CC(N)=O. The van der Waals surface area contributed by atoms with E-state index in [0.29, 0.717) is 57.9 Å². The highest BCUT2D eigenvalue weighted by Gasteiger charge is 2.53. The summed E-state index contributed by atoms with van der Waals surface area (Å²) >= 11 is 3.58. The predicted molar refractivity (Wildman–Crippen MR) is 171 cm³/mol. The van der Waals surface area contributed by atoms with E-state index in [1.54, 1.807) is 11.8 Å². The van der Waals surface area contributed by atoms with Gasteiger partial charge in [-0.25, -0.2) is 9.59 Å². The molecular formula is C32H41BrN6O6. The fourth-order valence-corrected chi connectivity index (χ4v) is 8.70. The minimum absolute atomic E-state index is 0.0721. The lowest BCUT2D eigenvalue weighted by Crippen LogP contribution is -2.60. The summed E-state index contributed by atoms with van der Waals surface area (Å²) in [6.45, 7) is 7.70. The lowest BCUT2D eigenvalue weighted by atomic mass is 9.84.